The predicted octanol–water partition coefficient (Wildman–Crippen LogP) is 1.35. The Bertz CT molecular complexity index is 827. The van der Waals surface area contributed by atoms with Crippen LogP contribution in [0.1, 0.15) is 21.5 Å². The Morgan fingerprint density at radius 1 is 0.926 bits per heavy atom. The summed E-state index contributed by atoms with van der Waals surface area (Å²) < 4.78 is 5.41. The van der Waals surface area contributed by atoms with Gasteiger partial charge in [0, 0.05) is 18.7 Å². The summed E-state index contributed by atoms with van der Waals surface area (Å²) in [5.74, 6) is -2.19. The van der Waals surface area contributed by atoms with Crippen LogP contribution in [0, 0.1) is 13.8 Å². The third-order valence-electron chi connectivity index (χ3n) is 3.91. The first-order chi connectivity index (χ1) is 12.8. The number of carbonyl (C=O) groups is 2. The van der Waals surface area contributed by atoms with Gasteiger partial charge in [0.05, 0.1) is 0 Å². The van der Waals surface area contributed by atoms with Gasteiger partial charge in [0.25, 0.3) is 11.8 Å². The van der Waals surface area contributed by atoms with Gasteiger partial charge in [0.1, 0.15) is 5.75 Å². The molecule has 2 amide bonds. The van der Waals surface area contributed by atoms with E-state index in [1.807, 2.05) is 26.0 Å². The van der Waals surface area contributed by atoms with E-state index in [1.165, 1.54) is 0 Å². The van der Waals surface area contributed by atoms with E-state index in [1.54, 1.807) is 6.07 Å². The number of hydrogen-bond acceptors (Lipinski definition) is 6. The van der Waals surface area contributed by atoms with E-state index in [2.05, 4.69) is 10.6 Å². The molecule has 0 radical (unpaired) electrons. The lowest BCUT2D eigenvalue weighted by atomic mass is 10.1. The van der Waals surface area contributed by atoms with Crippen molar-refractivity contribution in [3.05, 3.63) is 47.0 Å². The summed E-state index contributed by atoms with van der Waals surface area (Å²) in [6.07, 6.45) is 0. The molecule has 0 unspecified atom stereocenters. The molecule has 0 atom stereocenters. The van der Waals surface area contributed by atoms with Crippen molar-refractivity contribution in [3.8, 4) is 23.0 Å². The number of amides is 2. The zero-order chi connectivity index (χ0) is 20.0. The molecule has 0 aromatic heterocycles. The summed E-state index contributed by atoms with van der Waals surface area (Å²) in [4.78, 5) is 23.7. The number of phenolic OH excluding ortho intramolecular Hbond substituents is 3. The highest BCUT2D eigenvalue weighted by Crippen LogP contribution is 2.35. The Labute approximate surface area is 156 Å². The van der Waals surface area contributed by atoms with Crippen LogP contribution in [0.2, 0.25) is 0 Å². The molecule has 2 aromatic carbocycles. The Morgan fingerprint density at radius 3 is 2.19 bits per heavy atom. The number of nitrogens with one attached hydrogen (secondary N) is 2. The second-order valence-corrected chi connectivity index (χ2v) is 6.00. The first kappa shape index (κ1) is 19.9. The number of rotatable bonds is 7. The summed E-state index contributed by atoms with van der Waals surface area (Å²) >= 11 is 0. The number of aryl methyl sites for hydroxylation is 2. The maximum Gasteiger partial charge on any atom is 0.258 e. The van der Waals surface area contributed by atoms with Crippen LogP contribution in [0.25, 0.3) is 0 Å². The molecule has 0 spiro atoms. The molecule has 0 heterocycles. The topological polar surface area (TPSA) is 128 Å². The number of hydrogen-bond donors (Lipinski definition) is 5. The van der Waals surface area contributed by atoms with Crippen LogP contribution in [0.5, 0.6) is 23.0 Å². The molecule has 0 saturated carbocycles. The van der Waals surface area contributed by atoms with Gasteiger partial charge in [-0.05, 0) is 49.2 Å². The van der Waals surface area contributed by atoms with E-state index in [-0.39, 0.29) is 31.2 Å². The van der Waals surface area contributed by atoms with Crippen molar-refractivity contribution in [1.82, 2.24) is 10.6 Å². The van der Waals surface area contributed by atoms with E-state index in [9.17, 15) is 24.9 Å². The first-order valence-electron chi connectivity index (χ1n) is 8.28. The average molecular weight is 374 g/mol. The Hall–Kier alpha value is -3.42. The summed E-state index contributed by atoms with van der Waals surface area (Å²) in [6, 6.07) is 7.61. The minimum absolute atomic E-state index is 0.0211. The third kappa shape index (κ3) is 5.53. The molecular weight excluding hydrogens is 352 g/mol. The number of carbonyl (C=O) groups excluding carboxylic acids is 2. The lowest BCUT2D eigenvalue weighted by molar-refractivity contribution is -0.123. The van der Waals surface area contributed by atoms with Crippen molar-refractivity contribution < 1.29 is 29.6 Å². The smallest absolute Gasteiger partial charge is 0.258 e. The van der Waals surface area contributed by atoms with Crippen molar-refractivity contribution in [3.63, 3.8) is 0 Å². The van der Waals surface area contributed by atoms with Crippen LogP contribution in [-0.4, -0.2) is 46.8 Å². The van der Waals surface area contributed by atoms with Crippen LogP contribution < -0.4 is 15.4 Å². The SMILES string of the molecule is Cc1ccc(OCC(=O)NCCNC(=O)c2cc(O)c(O)c(O)c2)cc1C. The molecule has 0 aliphatic rings. The Morgan fingerprint density at radius 2 is 1.56 bits per heavy atom. The largest absolute Gasteiger partial charge is 0.504 e. The number of aromatic hydroxyl groups is 3. The van der Waals surface area contributed by atoms with E-state index in [0.29, 0.717) is 5.75 Å². The Kier molecular flexibility index (Phi) is 6.48. The third-order valence-corrected chi connectivity index (χ3v) is 3.91. The normalized spacial score (nSPS) is 10.3. The lowest BCUT2D eigenvalue weighted by Crippen LogP contribution is -2.36. The van der Waals surface area contributed by atoms with Gasteiger partial charge < -0.3 is 30.7 Å². The predicted molar refractivity (Wildman–Crippen MR) is 98.2 cm³/mol. The van der Waals surface area contributed by atoms with E-state index in [4.69, 9.17) is 4.74 Å². The highest BCUT2D eigenvalue weighted by molar-refractivity contribution is 5.95. The lowest BCUT2D eigenvalue weighted by Gasteiger charge is -2.10. The summed E-state index contributed by atoms with van der Waals surface area (Å²) in [5, 5.41) is 33.2. The van der Waals surface area contributed by atoms with Gasteiger partial charge in [0.2, 0.25) is 0 Å². The van der Waals surface area contributed by atoms with Gasteiger partial charge in [-0.15, -0.1) is 0 Å². The van der Waals surface area contributed by atoms with E-state index in [0.717, 1.165) is 23.3 Å². The van der Waals surface area contributed by atoms with Crippen molar-refractivity contribution in [2.24, 2.45) is 0 Å². The zero-order valence-corrected chi connectivity index (χ0v) is 15.1. The van der Waals surface area contributed by atoms with Crippen LogP contribution in [0.4, 0.5) is 0 Å². The standard InChI is InChI=1S/C19H22N2O6/c1-11-3-4-14(7-12(11)2)27-10-17(24)20-5-6-21-19(26)13-8-15(22)18(25)16(23)9-13/h3-4,7-9,22-23,25H,5-6,10H2,1-2H3,(H,20,24)(H,21,26). The fraction of sp³-hybridized carbons (Fsp3) is 0.263. The second kappa shape index (κ2) is 8.79. The molecule has 0 saturated heterocycles. The van der Waals surface area contributed by atoms with Crippen LogP contribution in [-0.2, 0) is 4.79 Å². The van der Waals surface area contributed by atoms with Crippen LogP contribution in [0.3, 0.4) is 0 Å². The molecule has 2 rings (SSSR count). The zero-order valence-electron chi connectivity index (χ0n) is 15.1. The quantitative estimate of drug-likeness (QED) is 0.368. The second-order valence-electron chi connectivity index (χ2n) is 6.00. The van der Waals surface area contributed by atoms with Crippen molar-refractivity contribution >= 4 is 11.8 Å². The molecule has 0 bridgehead atoms. The first-order valence-corrected chi connectivity index (χ1v) is 8.28. The minimum Gasteiger partial charge on any atom is -0.504 e. The van der Waals surface area contributed by atoms with Crippen molar-refractivity contribution in [2.75, 3.05) is 19.7 Å². The molecule has 0 fully saturated rings. The highest BCUT2D eigenvalue weighted by Gasteiger charge is 2.13. The molecule has 0 aliphatic carbocycles. The van der Waals surface area contributed by atoms with Gasteiger partial charge in [-0.25, -0.2) is 0 Å². The maximum absolute atomic E-state index is 11.9. The van der Waals surface area contributed by atoms with Gasteiger partial charge in [0.15, 0.2) is 23.9 Å². The van der Waals surface area contributed by atoms with Crippen LogP contribution >= 0.6 is 0 Å². The number of phenols is 3. The van der Waals surface area contributed by atoms with Gasteiger partial charge in [-0.1, -0.05) is 6.07 Å². The molecule has 27 heavy (non-hydrogen) atoms. The maximum atomic E-state index is 11.9. The summed E-state index contributed by atoms with van der Waals surface area (Å²) in [5.41, 5.74) is 2.19. The molecule has 5 N–H and O–H groups in total. The Balaban J connectivity index is 1.72. The van der Waals surface area contributed by atoms with Gasteiger partial charge in [-0.2, -0.15) is 0 Å². The molecule has 0 aliphatic heterocycles. The van der Waals surface area contributed by atoms with E-state index < -0.39 is 23.2 Å². The molecular formula is C19H22N2O6. The molecule has 8 nitrogen and oxygen atoms in total. The number of benzene rings is 2. The summed E-state index contributed by atoms with van der Waals surface area (Å²) in [7, 11) is 0. The van der Waals surface area contributed by atoms with Crippen LogP contribution in [0.15, 0.2) is 30.3 Å². The number of ether oxygens (including phenoxy) is 1. The molecule has 2 aromatic rings. The minimum atomic E-state index is -0.692. The van der Waals surface area contributed by atoms with Gasteiger partial charge >= 0.3 is 0 Å². The van der Waals surface area contributed by atoms with Crippen molar-refractivity contribution in [1.29, 1.82) is 0 Å². The molecule has 8 heteroatoms. The fourth-order valence-corrected chi connectivity index (χ4v) is 2.22. The van der Waals surface area contributed by atoms with Gasteiger partial charge in [-0.3, -0.25) is 9.59 Å². The summed E-state index contributed by atoms with van der Waals surface area (Å²) in [6.45, 7) is 4.11. The van der Waals surface area contributed by atoms with Crippen molar-refractivity contribution in [2.45, 2.75) is 13.8 Å². The molecule has 144 valence electrons. The highest BCUT2D eigenvalue weighted by atomic mass is 16.5. The average Bonchev–Trinajstić information content (AvgIpc) is 2.63. The monoisotopic (exact) mass is 374 g/mol. The van der Waals surface area contributed by atoms with E-state index >= 15 is 0 Å². The fourth-order valence-electron chi connectivity index (χ4n) is 2.22.